The molecule has 16 heavy (non-hydrogen) atoms. The summed E-state index contributed by atoms with van der Waals surface area (Å²) < 4.78 is 22.0. The second-order valence-corrected chi connectivity index (χ2v) is 7.20. The zero-order valence-electron chi connectivity index (χ0n) is 10.6. The number of hydrogen-bond acceptors (Lipinski definition) is 4. The van der Waals surface area contributed by atoms with Crippen molar-refractivity contribution in [3.8, 4) is 0 Å². The minimum Gasteiger partial charge on any atom is -0.317 e. The van der Waals surface area contributed by atoms with E-state index in [1.807, 2.05) is 7.05 Å². The predicted molar refractivity (Wildman–Crippen MR) is 67.4 cm³/mol. The molecule has 0 spiro atoms. The Labute approximate surface area is 99.3 Å². The van der Waals surface area contributed by atoms with Crippen molar-refractivity contribution in [2.45, 2.75) is 25.8 Å². The first-order valence-corrected chi connectivity index (χ1v) is 8.06. The lowest BCUT2D eigenvalue weighted by molar-refractivity contribution is 0.152. The number of likely N-dealkylation sites (tertiary alicyclic amines) is 1. The highest BCUT2D eigenvalue weighted by Crippen LogP contribution is 2.16. The lowest BCUT2D eigenvalue weighted by Crippen LogP contribution is -2.47. The van der Waals surface area contributed by atoms with E-state index in [0.29, 0.717) is 17.7 Å². The maximum atomic E-state index is 11.0. The fraction of sp³-hybridized carbons (Fsp3) is 1.00. The quantitative estimate of drug-likeness (QED) is 0.763. The van der Waals surface area contributed by atoms with Crippen LogP contribution in [-0.2, 0) is 9.84 Å². The van der Waals surface area contributed by atoms with Crippen molar-refractivity contribution in [3.05, 3.63) is 0 Å². The number of piperidine rings is 1. The van der Waals surface area contributed by atoms with Crippen LogP contribution in [0.4, 0.5) is 0 Å². The molecule has 2 atom stereocenters. The molecule has 2 unspecified atom stereocenters. The smallest absolute Gasteiger partial charge is 0.147 e. The number of nitrogens with one attached hydrogen (secondary N) is 1. The van der Waals surface area contributed by atoms with Gasteiger partial charge in [0.1, 0.15) is 9.84 Å². The van der Waals surface area contributed by atoms with E-state index in [0.717, 1.165) is 32.5 Å². The van der Waals surface area contributed by atoms with Gasteiger partial charge < -0.3 is 10.2 Å². The molecular formula is C11H24N2O2S. The van der Waals surface area contributed by atoms with Crippen molar-refractivity contribution in [2.75, 3.05) is 38.7 Å². The third kappa shape index (κ3) is 4.80. The summed E-state index contributed by atoms with van der Waals surface area (Å²) in [6.07, 6.45) is 3.23. The van der Waals surface area contributed by atoms with Gasteiger partial charge in [-0.15, -0.1) is 0 Å². The first-order chi connectivity index (χ1) is 7.42. The van der Waals surface area contributed by atoms with Crippen LogP contribution < -0.4 is 5.32 Å². The summed E-state index contributed by atoms with van der Waals surface area (Å²) in [7, 11) is -0.779. The van der Waals surface area contributed by atoms with E-state index in [1.54, 1.807) is 0 Å². The minimum absolute atomic E-state index is 0.313. The Morgan fingerprint density at radius 2 is 2.12 bits per heavy atom. The Hall–Kier alpha value is -0.130. The van der Waals surface area contributed by atoms with E-state index in [1.165, 1.54) is 6.26 Å². The third-order valence-corrected chi connectivity index (χ3v) is 4.38. The minimum atomic E-state index is -2.79. The average molecular weight is 248 g/mol. The Kier molecular flexibility index (Phi) is 5.21. The summed E-state index contributed by atoms with van der Waals surface area (Å²) in [5.74, 6) is 0.963. The molecular weight excluding hydrogens is 224 g/mol. The molecule has 0 bridgehead atoms. The molecule has 0 aromatic heterocycles. The highest BCUT2D eigenvalue weighted by atomic mass is 32.2. The average Bonchev–Trinajstić information content (AvgIpc) is 2.16. The zero-order chi connectivity index (χ0) is 12.2. The van der Waals surface area contributed by atoms with E-state index >= 15 is 0 Å². The molecule has 1 heterocycles. The summed E-state index contributed by atoms with van der Waals surface area (Å²) in [6, 6.07) is 0.617. The molecule has 0 aliphatic carbocycles. The van der Waals surface area contributed by atoms with Crippen LogP contribution in [0.3, 0.4) is 0 Å². The number of nitrogens with zero attached hydrogens (tertiary/aromatic N) is 1. The van der Waals surface area contributed by atoms with Gasteiger partial charge in [0, 0.05) is 18.8 Å². The molecule has 4 nitrogen and oxygen atoms in total. The van der Waals surface area contributed by atoms with Crippen LogP contribution in [0.5, 0.6) is 0 Å². The fourth-order valence-corrected chi connectivity index (χ4v) is 3.07. The van der Waals surface area contributed by atoms with Crippen LogP contribution in [-0.4, -0.2) is 58.1 Å². The summed E-state index contributed by atoms with van der Waals surface area (Å²) in [5, 5.41) is 3.33. The lowest BCUT2D eigenvalue weighted by atomic mass is 9.94. The second kappa shape index (κ2) is 5.98. The van der Waals surface area contributed by atoms with Crippen molar-refractivity contribution in [1.29, 1.82) is 0 Å². The van der Waals surface area contributed by atoms with Gasteiger partial charge in [0.25, 0.3) is 0 Å². The molecule has 5 heteroatoms. The summed E-state index contributed by atoms with van der Waals surface area (Å²) in [5.41, 5.74) is 0. The monoisotopic (exact) mass is 248 g/mol. The van der Waals surface area contributed by atoms with E-state index in [9.17, 15) is 8.42 Å². The maximum absolute atomic E-state index is 11.0. The largest absolute Gasteiger partial charge is 0.317 e. The summed E-state index contributed by atoms with van der Waals surface area (Å²) >= 11 is 0. The first kappa shape index (κ1) is 13.9. The van der Waals surface area contributed by atoms with Gasteiger partial charge in [0.15, 0.2) is 0 Å². The van der Waals surface area contributed by atoms with Crippen LogP contribution >= 0.6 is 0 Å². The van der Waals surface area contributed by atoms with E-state index in [2.05, 4.69) is 17.1 Å². The maximum Gasteiger partial charge on any atom is 0.147 e. The Morgan fingerprint density at radius 3 is 2.62 bits per heavy atom. The van der Waals surface area contributed by atoms with Gasteiger partial charge in [-0.1, -0.05) is 6.92 Å². The molecule has 0 saturated carbocycles. The number of rotatable bonds is 5. The van der Waals surface area contributed by atoms with Crippen LogP contribution in [0, 0.1) is 5.92 Å². The highest BCUT2D eigenvalue weighted by Gasteiger charge is 2.24. The predicted octanol–water partition coefficient (Wildman–Crippen LogP) is 0.351. The molecule has 1 aliphatic heterocycles. The molecule has 1 fully saturated rings. The Balaban J connectivity index is 2.25. The van der Waals surface area contributed by atoms with E-state index < -0.39 is 9.84 Å². The van der Waals surface area contributed by atoms with Crippen molar-refractivity contribution < 1.29 is 8.42 Å². The Bertz CT molecular complexity index is 303. The van der Waals surface area contributed by atoms with Crippen LogP contribution in [0.2, 0.25) is 0 Å². The van der Waals surface area contributed by atoms with Crippen molar-refractivity contribution in [3.63, 3.8) is 0 Å². The van der Waals surface area contributed by atoms with Gasteiger partial charge in [-0.3, -0.25) is 0 Å². The van der Waals surface area contributed by atoms with Gasteiger partial charge >= 0.3 is 0 Å². The first-order valence-electron chi connectivity index (χ1n) is 5.99. The Morgan fingerprint density at radius 1 is 1.44 bits per heavy atom. The summed E-state index contributed by atoms with van der Waals surface area (Å²) in [4.78, 5) is 2.38. The van der Waals surface area contributed by atoms with Crippen LogP contribution in [0.15, 0.2) is 0 Å². The summed E-state index contributed by atoms with van der Waals surface area (Å²) in [6.45, 7) is 5.33. The van der Waals surface area contributed by atoms with Gasteiger partial charge in [0.05, 0.1) is 5.75 Å². The fourth-order valence-electron chi connectivity index (χ4n) is 2.41. The standard InChI is InChI=1S/C11H24N2O2S/c1-10-9-13(7-5-11(10)12-2)6-4-8-16(3,14)15/h10-12H,4-9H2,1-3H3. The van der Waals surface area contributed by atoms with Crippen molar-refractivity contribution in [2.24, 2.45) is 5.92 Å². The molecule has 1 saturated heterocycles. The van der Waals surface area contributed by atoms with Crippen molar-refractivity contribution >= 4 is 9.84 Å². The third-order valence-electron chi connectivity index (χ3n) is 3.35. The molecule has 1 N–H and O–H groups in total. The molecule has 1 rings (SSSR count). The van der Waals surface area contributed by atoms with Gasteiger partial charge in [-0.05, 0) is 38.9 Å². The van der Waals surface area contributed by atoms with E-state index in [4.69, 9.17) is 0 Å². The molecule has 0 aromatic carbocycles. The number of hydrogen-bond donors (Lipinski definition) is 1. The van der Waals surface area contributed by atoms with Crippen molar-refractivity contribution in [1.82, 2.24) is 10.2 Å². The van der Waals surface area contributed by atoms with Crippen LogP contribution in [0.25, 0.3) is 0 Å². The van der Waals surface area contributed by atoms with Gasteiger partial charge in [0.2, 0.25) is 0 Å². The molecule has 96 valence electrons. The molecule has 0 amide bonds. The molecule has 1 aliphatic rings. The topological polar surface area (TPSA) is 49.4 Å². The molecule has 0 aromatic rings. The van der Waals surface area contributed by atoms with Crippen LogP contribution in [0.1, 0.15) is 19.8 Å². The normalized spacial score (nSPS) is 28.2. The zero-order valence-corrected chi connectivity index (χ0v) is 11.4. The van der Waals surface area contributed by atoms with Gasteiger partial charge in [-0.2, -0.15) is 0 Å². The second-order valence-electron chi connectivity index (χ2n) is 4.95. The molecule has 0 radical (unpaired) electrons. The van der Waals surface area contributed by atoms with E-state index in [-0.39, 0.29) is 0 Å². The van der Waals surface area contributed by atoms with Gasteiger partial charge in [-0.25, -0.2) is 8.42 Å². The SMILES string of the molecule is CNC1CCN(CCCS(C)(=O)=O)CC1C. The highest BCUT2D eigenvalue weighted by molar-refractivity contribution is 7.90. The lowest BCUT2D eigenvalue weighted by Gasteiger charge is -2.36. The number of sulfone groups is 1.